The van der Waals surface area contributed by atoms with Crippen molar-refractivity contribution < 1.29 is 19.1 Å². The number of rotatable bonds is 5. The lowest BCUT2D eigenvalue weighted by Crippen LogP contribution is -2.47. The normalized spacial score (nSPS) is 16.5. The van der Waals surface area contributed by atoms with E-state index in [9.17, 15) is 9.59 Å². The number of fused-ring (bicyclic) bond motifs is 1. The van der Waals surface area contributed by atoms with Gasteiger partial charge in [-0.2, -0.15) is 0 Å². The van der Waals surface area contributed by atoms with Crippen molar-refractivity contribution in [2.75, 3.05) is 13.2 Å². The second-order valence-electron chi connectivity index (χ2n) is 5.25. The Morgan fingerprint density at radius 1 is 1.17 bits per heavy atom. The fourth-order valence-corrected chi connectivity index (χ4v) is 2.50. The molecule has 1 atom stereocenters. The molecule has 2 aromatic rings. The van der Waals surface area contributed by atoms with E-state index in [0.29, 0.717) is 35.8 Å². The summed E-state index contributed by atoms with van der Waals surface area (Å²) in [7, 11) is 0. The highest BCUT2D eigenvalue weighted by atomic mass is 16.5. The van der Waals surface area contributed by atoms with Gasteiger partial charge in [-0.05, 0) is 43.3 Å². The molecule has 118 valence electrons. The first-order chi connectivity index (χ1) is 11.2. The van der Waals surface area contributed by atoms with Crippen LogP contribution in [0.15, 0.2) is 48.5 Å². The summed E-state index contributed by atoms with van der Waals surface area (Å²) in [6.45, 7) is 2.61. The zero-order valence-corrected chi connectivity index (χ0v) is 12.8. The molecule has 0 radical (unpaired) electrons. The quantitative estimate of drug-likeness (QED) is 0.797. The number of hydrogen-bond donors (Lipinski definition) is 0. The van der Waals surface area contributed by atoms with Crippen LogP contribution in [0.3, 0.4) is 0 Å². The van der Waals surface area contributed by atoms with Crippen molar-refractivity contribution in [1.29, 1.82) is 0 Å². The molecule has 3 rings (SSSR count). The van der Waals surface area contributed by atoms with E-state index in [1.165, 1.54) is 0 Å². The highest BCUT2D eigenvalue weighted by Gasteiger charge is 2.30. The van der Waals surface area contributed by atoms with Crippen LogP contribution in [0.2, 0.25) is 0 Å². The third-order valence-electron chi connectivity index (χ3n) is 3.73. The van der Waals surface area contributed by atoms with Crippen molar-refractivity contribution in [1.82, 2.24) is 4.90 Å². The fourth-order valence-electron chi connectivity index (χ4n) is 2.50. The lowest BCUT2D eigenvalue weighted by atomic mass is 10.1. The Balaban J connectivity index is 1.61. The molecule has 1 aliphatic heterocycles. The SMILES string of the molecule is CC1Oc2ccccc2C(=O)N1CCOc1ccc(C=O)cc1. The van der Waals surface area contributed by atoms with Crippen LogP contribution in [0.1, 0.15) is 27.6 Å². The van der Waals surface area contributed by atoms with Crippen molar-refractivity contribution in [3.8, 4) is 11.5 Å². The van der Waals surface area contributed by atoms with Gasteiger partial charge in [0.15, 0.2) is 6.23 Å². The molecule has 0 bridgehead atoms. The molecule has 5 heteroatoms. The number of benzene rings is 2. The van der Waals surface area contributed by atoms with Gasteiger partial charge in [-0.25, -0.2) is 0 Å². The zero-order valence-electron chi connectivity index (χ0n) is 12.8. The lowest BCUT2D eigenvalue weighted by Gasteiger charge is -2.34. The number of amides is 1. The number of carbonyl (C=O) groups is 2. The van der Waals surface area contributed by atoms with Gasteiger partial charge in [0, 0.05) is 5.56 Å². The second-order valence-corrected chi connectivity index (χ2v) is 5.25. The van der Waals surface area contributed by atoms with Gasteiger partial charge >= 0.3 is 0 Å². The molecule has 0 saturated heterocycles. The summed E-state index contributed by atoms with van der Waals surface area (Å²) in [5, 5.41) is 0. The van der Waals surface area contributed by atoms with Gasteiger partial charge in [0.1, 0.15) is 24.4 Å². The largest absolute Gasteiger partial charge is 0.492 e. The van der Waals surface area contributed by atoms with Crippen molar-refractivity contribution in [2.45, 2.75) is 13.2 Å². The molecular formula is C18H17NO4. The Bertz CT molecular complexity index is 711. The van der Waals surface area contributed by atoms with Crippen LogP contribution in [0.4, 0.5) is 0 Å². The van der Waals surface area contributed by atoms with Crippen LogP contribution < -0.4 is 9.47 Å². The van der Waals surface area contributed by atoms with Gasteiger partial charge < -0.3 is 9.47 Å². The van der Waals surface area contributed by atoms with E-state index in [4.69, 9.17) is 9.47 Å². The molecular weight excluding hydrogens is 294 g/mol. The molecule has 5 nitrogen and oxygen atoms in total. The van der Waals surface area contributed by atoms with Crippen LogP contribution in [-0.4, -0.2) is 36.5 Å². The van der Waals surface area contributed by atoms with E-state index < -0.39 is 0 Å². The minimum Gasteiger partial charge on any atom is -0.492 e. The van der Waals surface area contributed by atoms with Gasteiger partial charge in [0.2, 0.25) is 0 Å². The minimum atomic E-state index is -0.335. The Morgan fingerprint density at radius 2 is 1.91 bits per heavy atom. The number of ether oxygens (including phenoxy) is 2. The number of para-hydroxylation sites is 1. The molecule has 0 fully saturated rings. The van der Waals surface area contributed by atoms with Crippen LogP contribution in [-0.2, 0) is 0 Å². The van der Waals surface area contributed by atoms with Gasteiger partial charge in [0.25, 0.3) is 5.91 Å². The summed E-state index contributed by atoms with van der Waals surface area (Å²) in [6.07, 6.45) is 0.450. The van der Waals surface area contributed by atoms with Crippen LogP contribution >= 0.6 is 0 Å². The molecule has 1 amide bonds. The van der Waals surface area contributed by atoms with E-state index in [-0.39, 0.29) is 12.1 Å². The minimum absolute atomic E-state index is 0.0562. The smallest absolute Gasteiger partial charge is 0.260 e. The van der Waals surface area contributed by atoms with Gasteiger partial charge in [-0.1, -0.05) is 12.1 Å². The predicted molar refractivity (Wildman–Crippen MR) is 84.9 cm³/mol. The van der Waals surface area contributed by atoms with E-state index in [0.717, 1.165) is 6.29 Å². The molecule has 0 N–H and O–H groups in total. The number of aldehydes is 1. The maximum Gasteiger partial charge on any atom is 0.260 e. The fraction of sp³-hybridized carbons (Fsp3) is 0.222. The van der Waals surface area contributed by atoms with Gasteiger partial charge in [0.05, 0.1) is 12.1 Å². The van der Waals surface area contributed by atoms with Gasteiger partial charge in [-0.3, -0.25) is 14.5 Å². The zero-order chi connectivity index (χ0) is 16.2. The third-order valence-corrected chi connectivity index (χ3v) is 3.73. The van der Waals surface area contributed by atoms with Crippen molar-refractivity contribution >= 4 is 12.2 Å². The molecule has 1 aliphatic rings. The monoisotopic (exact) mass is 311 g/mol. The average molecular weight is 311 g/mol. The summed E-state index contributed by atoms with van der Waals surface area (Å²) in [4.78, 5) is 24.8. The first-order valence-corrected chi connectivity index (χ1v) is 7.44. The van der Waals surface area contributed by atoms with Crippen LogP contribution in [0.5, 0.6) is 11.5 Å². The summed E-state index contributed by atoms with van der Waals surface area (Å²) < 4.78 is 11.4. The highest BCUT2D eigenvalue weighted by molar-refractivity contribution is 5.97. The molecule has 0 spiro atoms. The Kier molecular flexibility index (Phi) is 4.28. The molecule has 0 aromatic heterocycles. The third kappa shape index (κ3) is 3.18. The van der Waals surface area contributed by atoms with Gasteiger partial charge in [-0.15, -0.1) is 0 Å². The summed E-state index contributed by atoms with van der Waals surface area (Å²) in [5.74, 6) is 1.22. The summed E-state index contributed by atoms with van der Waals surface area (Å²) in [6, 6.07) is 14.1. The number of nitrogens with zero attached hydrogens (tertiary/aromatic N) is 1. The van der Waals surface area contributed by atoms with Crippen LogP contribution in [0, 0.1) is 0 Å². The average Bonchev–Trinajstić information content (AvgIpc) is 2.58. The molecule has 1 unspecified atom stereocenters. The van der Waals surface area contributed by atoms with E-state index in [1.807, 2.05) is 19.1 Å². The molecule has 23 heavy (non-hydrogen) atoms. The Hall–Kier alpha value is -2.82. The van der Waals surface area contributed by atoms with Crippen molar-refractivity contribution in [3.05, 3.63) is 59.7 Å². The first kappa shape index (κ1) is 15.1. The Labute approximate surface area is 134 Å². The highest BCUT2D eigenvalue weighted by Crippen LogP contribution is 2.27. The van der Waals surface area contributed by atoms with E-state index in [1.54, 1.807) is 41.3 Å². The maximum atomic E-state index is 12.5. The molecule has 0 aliphatic carbocycles. The van der Waals surface area contributed by atoms with E-state index >= 15 is 0 Å². The topological polar surface area (TPSA) is 55.8 Å². The predicted octanol–water partition coefficient (Wildman–Crippen LogP) is 2.76. The summed E-state index contributed by atoms with van der Waals surface area (Å²) >= 11 is 0. The summed E-state index contributed by atoms with van der Waals surface area (Å²) in [5.41, 5.74) is 1.17. The molecule has 1 heterocycles. The number of hydrogen-bond acceptors (Lipinski definition) is 4. The first-order valence-electron chi connectivity index (χ1n) is 7.44. The van der Waals surface area contributed by atoms with Crippen molar-refractivity contribution in [2.24, 2.45) is 0 Å². The second kappa shape index (κ2) is 6.52. The molecule has 2 aromatic carbocycles. The molecule has 0 saturated carbocycles. The van der Waals surface area contributed by atoms with Crippen molar-refractivity contribution in [3.63, 3.8) is 0 Å². The van der Waals surface area contributed by atoms with E-state index in [2.05, 4.69) is 0 Å². The lowest BCUT2D eigenvalue weighted by molar-refractivity contribution is 0.0134. The van der Waals surface area contributed by atoms with Crippen LogP contribution in [0.25, 0.3) is 0 Å². The standard InChI is InChI=1S/C18H17NO4/c1-13-19(18(21)16-4-2-3-5-17(16)23-13)10-11-22-15-8-6-14(12-20)7-9-15/h2-9,12-13H,10-11H2,1H3. The maximum absolute atomic E-state index is 12.5. The number of carbonyl (C=O) groups excluding carboxylic acids is 2. The Morgan fingerprint density at radius 3 is 2.65 bits per heavy atom.